The molecule has 3 N–H and O–H groups in total. The van der Waals surface area contributed by atoms with Crippen molar-refractivity contribution in [3.63, 3.8) is 0 Å². The quantitative estimate of drug-likeness (QED) is 0.304. The molecule has 0 bridgehead atoms. The number of rotatable bonds is 6. The van der Waals surface area contributed by atoms with E-state index in [1.807, 2.05) is 4.90 Å². The van der Waals surface area contributed by atoms with Crippen molar-refractivity contribution in [2.45, 2.75) is 38.3 Å². The Kier molecular flexibility index (Phi) is 7.16. The van der Waals surface area contributed by atoms with Crippen molar-refractivity contribution in [3.05, 3.63) is 94.8 Å². The van der Waals surface area contributed by atoms with Crippen LogP contribution in [0.5, 0.6) is 0 Å². The molecule has 1 aliphatic carbocycles. The van der Waals surface area contributed by atoms with Crippen LogP contribution >= 0.6 is 0 Å². The van der Waals surface area contributed by atoms with Crippen LogP contribution in [0.3, 0.4) is 0 Å². The van der Waals surface area contributed by atoms with Gasteiger partial charge in [-0.15, -0.1) is 4.59 Å². The number of hydrogen-bond donors (Lipinski definition) is 2. The molecule has 236 valence electrons. The van der Waals surface area contributed by atoms with Crippen LogP contribution in [-0.4, -0.2) is 61.6 Å². The van der Waals surface area contributed by atoms with Crippen molar-refractivity contribution in [2.75, 3.05) is 18.4 Å². The molecule has 1 aromatic carbocycles. The van der Waals surface area contributed by atoms with Crippen LogP contribution in [-0.2, 0) is 11.0 Å². The zero-order chi connectivity index (χ0) is 32.2. The first-order valence-electron chi connectivity index (χ1n) is 14.8. The number of amides is 2. The minimum atomic E-state index is -4.56. The van der Waals surface area contributed by atoms with Crippen LogP contribution in [0.2, 0.25) is 0 Å². The molecule has 3 aliphatic heterocycles. The number of piperidine rings is 1. The summed E-state index contributed by atoms with van der Waals surface area (Å²) in [5.41, 5.74) is 1.38. The molecular weight excluding hydrogens is 603 g/mol. The Balaban J connectivity index is 1.08. The van der Waals surface area contributed by atoms with E-state index >= 15 is 0 Å². The van der Waals surface area contributed by atoms with Gasteiger partial charge >= 0.3 is 6.18 Å². The number of quaternary nitrogens is 1. The van der Waals surface area contributed by atoms with Gasteiger partial charge in [0.25, 0.3) is 11.7 Å². The van der Waals surface area contributed by atoms with E-state index in [1.54, 1.807) is 49.8 Å². The average Bonchev–Trinajstić information content (AvgIpc) is 3.62. The van der Waals surface area contributed by atoms with Crippen LogP contribution in [0.15, 0.2) is 80.9 Å². The van der Waals surface area contributed by atoms with Crippen LogP contribution in [0, 0.1) is 18.8 Å². The van der Waals surface area contributed by atoms with Gasteiger partial charge < -0.3 is 14.7 Å². The summed E-state index contributed by atoms with van der Waals surface area (Å²) in [7, 11) is 0. The van der Waals surface area contributed by atoms with Crippen molar-refractivity contribution >= 4 is 29.7 Å². The standard InChI is InChI=1S/C31H28F3N9O3/c1-17-38-29(46-41-17)22-14-23(22)30(45)42-11-2-3-20(16-42)26-24-15-36-10-12-43(24,35)27(40-26)18-4-6-19(7-5-18)28(44)39-25-13-21(8-9-37-25)31(32,33)34/h4-10,12-13,15,20,22-23H,2-3,11,14,16,35H2,1H3/p+1/t20-,22+,23+,43?/m1/s1. The van der Waals surface area contributed by atoms with Crippen LogP contribution < -0.4 is 11.2 Å². The second kappa shape index (κ2) is 11.1. The SMILES string of the molecule is Cc1noc([C@H]2C[C@@H]2C(=O)N2CCC[C@@H](C3=C4C=NC=C[N+]4(N)C(c4ccc(C(=O)Nc5cc(C(F)(F)F)ccn5)cc4)=N3)C2)n1. The monoisotopic (exact) mass is 632 g/mol. The fourth-order valence-corrected chi connectivity index (χ4v) is 6.18. The van der Waals surface area contributed by atoms with Gasteiger partial charge in [-0.1, -0.05) is 5.16 Å². The third-order valence-corrected chi connectivity index (χ3v) is 8.64. The number of anilines is 1. The maximum absolute atomic E-state index is 13.4. The molecule has 4 atom stereocenters. The zero-order valence-electron chi connectivity index (χ0n) is 24.6. The maximum Gasteiger partial charge on any atom is 0.416 e. The predicted molar refractivity (Wildman–Crippen MR) is 158 cm³/mol. The lowest BCUT2D eigenvalue weighted by molar-refractivity contribution is -0.750. The molecular formula is C31H29F3N9O3+. The average molecular weight is 633 g/mol. The van der Waals surface area contributed by atoms with Crippen molar-refractivity contribution in [1.29, 1.82) is 0 Å². The second-order valence-electron chi connectivity index (χ2n) is 11.8. The Morgan fingerprint density at radius 3 is 2.72 bits per heavy atom. The molecule has 5 heterocycles. The number of likely N-dealkylation sites (tertiary alicyclic amines) is 1. The predicted octanol–water partition coefficient (Wildman–Crippen LogP) is 4.30. The molecule has 0 spiro atoms. The number of aromatic nitrogens is 3. The number of hydrogen-bond acceptors (Lipinski definition) is 9. The van der Waals surface area contributed by atoms with E-state index in [9.17, 15) is 22.8 Å². The highest BCUT2D eigenvalue weighted by Gasteiger charge is 2.51. The highest BCUT2D eigenvalue weighted by molar-refractivity contribution is 6.05. The van der Waals surface area contributed by atoms with E-state index in [0.717, 1.165) is 36.9 Å². The van der Waals surface area contributed by atoms with Gasteiger partial charge in [-0.05, 0) is 62.6 Å². The molecule has 12 nitrogen and oxygen atoms in total. The summed E-state index contributed by atoms with van der Waals surface area (Å²) < 4.78 is 44.3. The summed E-state index contributed by atoms with van der Waals surface area (Å²) in [5, 5.41) is 6.26. The van der Waals surface area contributed by atoms with Gasteiger partial charge in [0.15, 0.2) is 5.82 Å². The highest BCUT2D eigenvalue weighted by atomic mass is 19.4. The Bertz CT molecular complexity index is 1850. The van der Waals surface area contributed by atoms with E-state index in [2.05, 4.69) is 25.4 Å². The lowest BCUT2D eigenvalue weighted by Crippen LogP contribution is -2.53. The van der Waals surface area contributed by atoms with Gasteiger partial charge in [0.2, 0.25) is 17.5 Å². The topological polar surface area (TPSA) is 152 Å². The lowest BCUT2D eigenvalue weighted by atomic mass is 9.93. The first-order valence-corrected chi connectivity index (χ1v) is 14.8. The summed E-state index contributed by atoms with van der Waals surface area (Å²) in [6.45, 7) is 2.89. The first kappa shape index (κ1) is 29.7. The summed E-state index contributed by atoms with van der Waals surface area (Å²) in [6.07, 6.45) is 3.72. The minimum Gasteiger partial charge on any atom is -0.342 e. The Labute approximate surface area is 260 Å². The van der Waals surface area contributed by atoms with Crippen molar-refractivity contribution in [3.8, 4) is 0 Å². The number of pyridine rings is 1. The molecule has 46 heavy (non-hydrogen) atoms. The number of halogens is 3. The van der Waals surface area contributed by atoms with Gasteiger partial charge in [0.1, 0.15) is 17.7 Å². The highest BCUT2D eigenvalue weighted by Crippen LogP contribution is 2.48. The smallest absolute Gasteiger partial charge is 0.342 e. The van der Waals surface area contributed by atoms with E-state index in [4.69, 9.17) is 15.4 Å². The number of aliphatic imine (C=N–C) groups is 2. The normalized spacial score (nSPS) is 25.4. The van der Waals surface area contributed by atoms with E-state index in [0.29, 0.717) is 48.3 Å². The van der Waals surface area contributed by atoms with E-state index < -0.39 is 17.6 Å². The fourth-order valence-electron chi connectivity index (χ4n) is 6.18. The number of fused-ring (bicyclic) bond motifs is 1. The zero-order valence-corrected chi connectivity index (χ0v) is 24.6. The maximum atomic E-state index is 13.4. The van der Waals surface area contributed by atoms with Gasteiger partial charge in [-0.2, -0.15) is 29.0 Å². The number of amidine groups is 1. The number of carbonyl (C=O) groups is 2. The number of allylic oxidation sites excluding steroid dienone is 1. The Morgan fingerprint density at radius 1 is 1.17 bits per heavy atom. The van der Waals surface area contributed by atoms with Crippen molar-refractivity contribution in [1.82, 2.24) is 20.0 Å². The second-order valence-corrected chi connectivity index (χ2v) is 11.8. The van der Waals surface area contributed by atoms with E-state index in [1.165, 1.54) is 0 Å². The summed E-state index contributed by atoms with van der Waals surface area (Å²) in [4.78, 5) is 45.6. The summed E-state index contributed by atoms with van der Waals surface area (Å²) >= 11 is 0. The van der Waals surface area contributed by atoms with Gasteiger partial charge in [-0.3, -0.25) is 14.6 Å². The van der Waals surface area contributed by atoms with Crippen LogP contribution in [0.4, 0.5) is 19.0 Å². The largest absolute Gasteiger partial charge is 0.416 e. The molecule has 1 saturated carbocycles. The molecule has 0 radical (unpaired) electrons. The number of nitrogens with one attached hydrogen (secondary N) is 1. The number of aryl methyl sites for hydroxylation is 1. The van der Waals surface area contributed by atoms with Crippen molar-refractivity contribution in [2.24, 2.45) is 27.7 Å². The molecule has 7 rings (SSSR count). The lowest BCUT2D eigenvalue weighted by Gasteiger charge is -2.33. The number of benzene rings is 1. The Morgan fingerprint density at radius 2 is 1.98 bits per heavy atom. The molecule has 2 fully saturated rings. The molecule has 1 unspecified atom stereocenters. The molecule has 4 aliphatic rings. The molecule has 2 aromatic heterocycles. The third-order valence-electron chi connectivity index (χ3n) is 8.64. The molecule has 3 aromatic rings. The summed E-state index contributed by atoms with van der Waals surface area (Å²) in [5.74, 6) is 7.41. The minimum absolute atomic E-state index is 0.0532. The van der Waals surface area contributed by atoms with Crippen LogP contribution in [0.25, 0.3) is 0 Å². The molecule has 15 heteroatoms. The molecule has 1 saturated heterocycles. The van der Waals surface area contributed by atoms with Gasteiger partial charge in [0.05, 0.1) is 35.4 Å². The van der Waals surface area contributed by atoms with Crippen LogP contribution in [0.1, 0.15) is 58.4 Å². The third kappa shape index (κ3) is 5.41. The van der Waals surface area contributed by atoms with E-state index in [-0.39, 0.29) is 39.6 Å². The van der Waals surface area contributed by atoms with Gasteiger partial charge in [-0.25, -0.2) is 4.98 Å². The first-order chi connectivity index (χ1) is 22.0. The van der Waals surface area contributed by atoms with Crippen molar-refractivity contribution < 1.29 is 31.9 Å². The van der Waals surface area contributed by atoms with Gasteiger partial charge in [0, 0.05) is 30.8 Å². The molecule has 2 amide bonds. The fraction of sp³-hybridized carbons (Fsp3) is 0.323. The number of nitrogens with two attached hydrogens (primary N) is 1. The number of nitrogens with zero attached hydrogens (tertiary/aromatic N) is 7. The number of alkyl halides is 3. The Hall–Kier alpha value is -5.02. The summed E-state index contributed by atoms with van der Waals surface area (Å²) in [6, 6.07) is 8.07. The number of carbonyl (C=O) groups excluding carboxylic acids is 2.